The highest BCUT2D eigenvalue weighted by atomic mass is 15.1. The second-order valence-electron chi connectivity index (χ2n) is 5.10. The molecule has 1 heteroatoms. The van der Waals surface area contributed by atoms with Gasteiger partial charge in [0, 0.05) is 19.3 Å². The summed E-state index contributed by atoms with van der Waals surface area (Å²) in [5.74, 6) is 1.39. The van der Waals surface area contributed by atoms with E-state index < -0.39 is 0 Å². The van der Waals surface area contributed by atoms with Crippen LogP contribution in [0.15, 0.2) is 11.3 Å². The Morgan fingerprint density at radius 2 is 1.50 bits per heavy atom. The van der Waals surface area contributed by atoms with Gasteiger partial charge in [-0.2, -0.15) is 0 Å². The van der Waals surface area contributed by atoms with Gasteiger partial charge in [-0.1, -0.05) is 41.5 Å². The van der Waals surface area contributed by atoms with Gasteiger partial charge in [-0.3, -0.25) is 0 Å². The van der Waals surface area contributed by atoms with E-state index in [0.717, 1.165) is 0 Å². The van der Waals surface area contributed by atoms with Gasteiger partial charge in [0.1, 0.15) is 0 Å². The Bertz CT molecular complexity index is 213. The molecule has 1 aliphatic rings. The number of hydrogen-bond acceptors (Lipinski definition) is 1. The molecular weight excluding hydrogens is 194 g/mol. The molecule has 96 valence electrons. The lowest BCUT2D eigenvalue weighted by Gasteiger charge is -2.28. The zero-order valence-corrected chi connectivity index (χ0v) is 12.4. The topological polar surface area (TPSA) is 3.24 Å². The summed E-state index contributed by atoms with van der Waals surface area (Å²) in [4.78, 5) is 2.48. The van der Waals surface area contributed by atoms with Crippen LogP contribution >= 0.6 is 0 Å². The average molecular weight is 225 g/mol. The average Bonchev–Trinajstić information content (AvgIpc) is 2.42. The van der Waals surface area contributed by atoms with Crippen LogP contribution in [0.1, 0.15) is 60.8 Å². The first kappa shape index (κ1) is 15.5. The van der Waals surface area contributed by atoms with Crippen LogP contribution in [0.5, 0.6) is 0 Å². The van der Waals surface area contributed by atoms with Crippen molar-refractivity contribution in [2.45, 2.75) is 60.8 Å². The number of nitrogens with zero attached hydrogens (tertiary/aromatic N) is 1. The maximum atomic E-state index is 2.48. The number of allylic oxidation sites excluding steroid dienone is 2. The lowest BCUT2D eigenvalue weighted by molar-refractivity contribution is 0.369. The van der Waals surface area contributed by atoms with E-state index in [1.807, 2.05) is 13.8 Å². The van der Waals surface area contributed by atoms with E-state index in [1.165, 1.54) is 25.8 Å². The quantitative estimate of drug-likeness (QED) is 0.659. The fourth-order valence-corrected chi connectivity index (χ4v) is 2.55. The van der Waals surface area contributed by atoms with E-state index in [0.29, 0.717) is 11.8 Å². The third-order valence-electron chi connectivity index (χ3n) is 3.17. The van der Waals surface area contributed by atoms with Crippen molar-refractivity contribution in [3.8, 4) is 0 Å². The van der Waals surface area contributed by atoms with Gasteiger partial charge in [0.05, 0.1) is 0 Å². The normalized spacial score (nSPS) is 17.4. The van der Waals surface area contributed by atoms with Crippen molar-refractivity contribution in [1.82, 2.24) is 4.90 Å². The fraction of sp³-hybridized carbons (Fsp3) is 0.867. The van der Waals surface area contributed by atoms with Crippen molar-refractivity contribution >= 4 is 0 Å². The van der Waals surface area contributed by atoms with E-state index in [-0.39, 0.29) is 0 Å². The van der Waals surface area contributed by atoms with E-state index in [2.05, 4.69) is 39.6 Å². The molecule has 0 amide bonds. The lowest BCUT2D eigenvalue weighted by atomic mass is 9.92. The summed E-state index contributed by atoms with van der Waals surface area (Å²) in [5, 5.41) is 0. The monoisotopic (exact) mass is 225 g/mol. The van der Waals surface area contributed by atoms with Crippen LogP contribution in [0, 0.1) is 11.8 Å². The van der Waals surface area contributed by atoms with Crippen molar-refractivity contribution in [2.75, 3.05) is 13.6 Å². The molecule has 0 aromatic carbocycles. The molecule has 0 saturated heterocycles. The molecule has 1 aliphatic heterocycles. The number of hydrogen-bond donors (Lipinski definition) is 0. The van der Waals surface area contributed by atoms with Gasteiger partial charge < -0.3 is 4.90 Å². The summed E-state index contributed by atoms with van der Waals surface area (Å²) in [6.45, 7) is 14.5. The smallest absolute Gasteiger partial charge is 0.0171 e. The van der Waals surface area contributed by atoms with E-state index in [4.69, 9.17) is 0 Å². The summed E-state index contributed by atoms with van der Waals surface area (Å²) in [6.07, 6.45) is 4.03. The Morgan fingerprint density at radius 3 is 1.94 bits per heavy atom. The number of rotatable bonds is 2. The van der Waals surface area contributed by atoms with Crippen LogP contribution in [-0.2, 0) is 0 Å². The molecule has 1 nitrogen and oxygen atoms in total. The summed E-state index contributed by atoms with van der Waals surface area (Å²) < 4.78 is 0. The Kier molecular flexibility index (Phi) is 7.53. The lowest BCUT2D eigenvalue weighted by Crippen LogP contribution is -2.23. The minimum Gasteiger partial charge on any atom is -0.378 e. The van der Waals surface area contributed by atoms with Gasteiger partial charge >= 0.3 is 0 Å². The molecule has 16 heavy (non-hydrogen) atoms. The Labute approximate surface area is 103 Å². The summed E-state index contributed by atoms with van der Waals surface area (Å²) in [7, 11) is 2.25. The van der Waals surface area contributed by atoms with Crippen molar-refractivity contribution in [1.29, 1.82) is 0 Å². The van der Waals surface area contributed by atoms with E-state index in [9.17, 15) is 0 Å². The SMILES string of the molecule is CC.CC(C)C1=C(C(C)C)N(C)CCCC1. The molecule has 0 unspecified atom stereocenters. The third kappa shape index (κ3) is 4.19. The van der Waals surface area contributed by atoms with Crippen LogP contribution in [0.3, 0.4) is 0 Å². The van der Waals surface area contributed by atoms with Gasteiger partial charge in [0.25, 0.3) is 0 Å². The second-order valence-corrected chi connectivity index (χ2v) is 5.10. The second kappa shape index (κ2) is 7.76. The van der Waals surface area contributed by atoms with Gasteiger partial charge in [-0.25, -0.2) is 0 Å². The van der Waals surface area contributed by atoms with Gasteiger partial charge in [-0.05, 0) is 36.7 Å². The molecule has 0 aliphatic carbocycles. The maximum Gasteiger partial charge on any atom is 0.0171 e. The summed E-state index contributed by atoms with van der Waals surface area (Å²) >= 11 is 0. The molecule has 0 bridgehead atoms. The predicted octanol–water partition coefficient (Wildman–Crippen LogP) is 4.69. The first-order valence-corrected chi connectivity index (χ1v) is 6.98. The van der Waals surface area contributed by atoms with Crippen LogP contribution < -0.4 is 0 Å². The zero-order valence-electron chi connectivity index (χ0n) is 12.4. The largest absolute Gasteiger partial charge is 0.378 e. The highest BCUT2D eigenvalue weighted by Gasteiger charge is 2.19. The molecule has 1 heterocycles. The molecule has 0 saturated carbocycles. The predicted molar refractivity (Wildman–Crippen MR) is 74.5 cm³/mol. The van der Waals surface area contributed by atoms with Gasteiger partial charge in [-0.15, -0.1) is 0 Å². The third-order valence-corrected chi connectivity index (χ3v) is 3.17. The Balaban J connectivity index is 0.00000106. The summed E-state index contributed by atoms with van der Waals surface area (Å²) in [6, 6.07) is 0. The Hall–Kier alpha value is -0.460. The van der Waals surface area contributed by atoms with Crippen molar-refractivity contribution in [3.05, 3.63) is 11.3 Å². The summed E-state index contributed by atoms with van der Waals surface area (Å²) in [5.41, 5.74) is 3.30. The van der Waals surface area contributed by atoms with Crippen molar-refractivity contribution in [3.63, 3.8) is 0 Å². The standard InChI is InChI=1S/C13H25N.C2H6/c1-10(2)12-8-6-7-9-14(5)13(12)11(3)4;1-2/h10-11H,6-9H2,1-5H3;1-2H3. The van der Waals surface area contributed by atoms with Gasteiger partial charge in [0.15, 0.2) is 0 Å². The van der Waals surface area contributed by atoms with Crippen LogP contribution in [0.25, 0.3) is 0 Å². The Morgan fingerprint density at radius 1 is 0.938 bits per heavy atom. The molecule has 0 aromatic heterocycles. The van der Waals surface area contributed by atoms with Crippen molar-refractivity contribution in [2.24, 2.45) is 11.8 Å². The highest BCUT2D eigenvalue weighted by molar-refractivity contribution is 5.18. The van der Waals surface area contributed by atoms with E-state index in [1.54, 1.807) is 11.3 Å². The fourth-order valence-electron chi connectivity index (χ4n) is 2.55. The maximum absolute atomic E-state index is 2.48. The minimum absolute atomic E-state index is 0.676. The van der Waals surface area contributed by atoms with Crippen LogP contribution in [0.4, 0.5) is 0 Å². The van der Waals surface area contributed by atoms with Crippen molar-refractivity contribution < 1.29 is 0 Å². The highest BCUT2D eigenvalue weighted by Crippen LogP contribution is 2.30. The first-order chi connectivity index (χ1) is 7.54. The van der Waals surface area contributed by atoms with Crippen LogP contribution in [-0.4, -0.2) is 18.5 Å². The minimum atomic E-state index is 0.676. The van der Waals surface area contributed by atoms with Crippen LogP contribution in [0.2, 0.25) is 0 Å². The van der Waals surface area contributed by atoms with Gasteiger partial charge in [0.2, 0.25) is 0 Å². The first-order valence-electron chi connectivity index (χ1n) is 6.98. The zero-order chi connectivity index (χ0) is 12.7. The molecule has 0 radical (unpaired) electrons. The molecule has 0 spiro atoms. The molecule has 1 rings (SSSR count). The van der Waals surface area contributed by atoms with E-state index >= 15 is 0 Å². The molecular formula is C15H31N. The molecule has 0 N–H and O–H groups in total. The molecule has 0 aromatic rings. The molecule has 0 atom stereocenters. The molecule has 0 fully saturated rings.